The van der Waals surface area contributed by atoms with Crippen LogP contribution in [0, 0.1) is 0 Å². The SMILES string of the molecule is c1cc(-c2ccccc2N(c2ccc3c(c2)sc2ccccc23)c2cccc3c2oc2ccccc23)cc(-c2cccc3ccccc23)c1. The van der Waals surface area contributed by atoms with Gasteiger partial charge in [0.1, 0.15) is 5.58 Å². The number of hydrogen-bond donors (Lipinski definition) is 0. The Morgan fingerprint density at radius 1 is 0.408 bits per heavy atom. The highest BCUT2D eigenvalue weighted by Crippen LogP contribution is 2.47. The van der Waals surface area contributed by atoms with Crippen molar-refractivity contribution in [3.05, 3.63) is 176 Å². The number of anilines is 3. The monoisotopic (exact) mass is 643 g/mol. The van der Waals surface area contributed by atoms with Gasteiger partial charge in [0.2, 0.25) is 0 Å². The van der Waals surface area contributed by atoms with Gasteiger partial charge in [-0.1, -0.05) is 133 Å². The lowest BCUT2D eigenvalue weighted by Gasteiger charge is -2.28. The minimum absolute atomic E-state index is 0.874. The van der Waals surface area contributed by atoms with Gasteiger partial charge in [0, 0.05) is 42.2 Å². The molecule has 0 unspecified atom stereocenters. The summed E-state index contributed by atoms with van der Waals surface area (Å²) in [5.74, 6) is 0. The second-order valence-corrected chi connectivity index (χ2v) is 13.6. The Balaban J connectivity index is 1.21. The first-order chi connectivity index (χ1) is 24.3. The van der Waals surface area contributed by atoms with Crippen LogP contribution in [0.5, 0.6) is 0 Å². The maximum atomic E-state index is 6.67. The van der Waals surface area contributed by atoms with E-state index < -0.39 is 0 Å². The number of benzene rings is 8. The third-order valence-electron chi connectivity index (χ3n) is 9.66. The van der Waals surface area contributed by atoms with Crippen molar-refractivity contribution in [2.45, 2.75) is 0 Å². The molecule has 2 nitrogen and oxygen atoms in total. The summed E-state index contributed by atoms with van der Waals surface area (Å²) >= 11 is 1.84. The van der Waals surface area contributed by atoms with E-state index in [0.29, 0.717) is 0 Å². The van der Waals surface area contributed by atoms with Crippen molar-refractivity contribution >= 4 is 81.3 Å². The van der Waals surface area contributed by atoms with Gasteiger partial charge in [-0.2, -0.15) is 0 Å². The zero-order valence-corrected chi connectivity index (χ0v) is 27.3. The molecule has 0 aliphatic carbocycles. The molecule has 230 valence electrons. The molecule has 0 N–H and O–H groups in total. The van der Waals surface area contributed by atoms with Crippen LogP contribution in [0.1, 0.15) is 0 Å². The zero-order valence-electron chi connectivity index (χ0n) is 26.5. The summed E-state index contributed by atoms with van der Waals surface area (Å²) in [5.41, 5.74) is 9.68. The van der Waals surface area contributed by atoms with Crippen LogP contribution < -0.4 is 4.90 Å². The molecule has 0 bridgehead atoms. The summed E-state index contributed by atoms with van der Waals surface area (Å²) in [6.45, 7) is 0. The molecule has 0 saturated heterocycles. The molecule has 0 atom stereocenters. The van der Waals surface area contributed by atoms with Crippen molar-refractivity contribution in [3.8, 4) is 22.3 Å². The highest BCUT2D eigenvalue weighted by molar-refractivity contribution is 7.25. The molecule has 0 amide bonds. The molecule has 10 aromatic rings. The van der Waals surface area contributed by atoms with Crippen LogP contribution >= 0.6 is 11.3 Å². The lowest BCUT2D eigenvalue weighted by molar-refractivity contribution is 0.669. The Hall–Kier alpha value is -6.16. The van der Waals surface area contributed by atoms with E-state index in [4.69, 9.17) is 4.42 Å². The molecule has 2 heterocycles. The van der Waals surface area contributed by atoms with Crippen LogP contribution in [0.3, 0.4) is 0 Å². The summed E-state index contributed by atoms with van der Waals surface area (Å²) in [5, 5.41) is 7.30. The maximum absolute atomic E-state index is 6.67. The van der Waals surface area contributed by atoms with E-state index in [2.05, 4.69) is 175 Å². The van der Waals surface area contributed by atoms with E-state index in [1.54, 1.807) is 0 Å². The minimum atomic E-state index is 0.874. The van der Waals surface area contributed by atoms with E-state index >= 15 is 0 Å². The number of nitrogens with zero attached hydrogens (tertiary/aromatic N) is 1. The van der Waals surface area contributed by atoms with Crippen molar-refractivity contribution in [3.63, 3.8) is 0 Å². The van der Waals surface area contributed by atoms with Gasteiger partial charge in [-0.3, -0.25) is 0 Å². The van der Waals surface area contributed by atoms with Crippen molar-refractivity contribution in [2.75, 3.05) is 4.90 Å². The van der Waals surface area contributed by atoms with Crippen molar-refractivity contribution in [1.29, 1.82) is 0 Å². The first-order valence-corrected chi connectivity index (χ1v) is 17.4. The molecule has 0 aliphatic rings. The largest absolute Gasteiger partial charge is 0.454 e. The van der Waals surface area contributed by atoms with Crippen molar-refractivity contribution in [1.82, 2.24) is 0 Å². The van der Waals surface area contributed by atoms with Crippen LogP contribution in [0.4, 0.5) is 17.1 Å². The average Bonchev–Trinajstić information content (AvgIpc) is 3.74. The van der Waals surface area contributed by atoms with Crippen molar-refractivity contribution in [2.24, 2.45) is 0 Å². The fourth-order valence-corrected chi connectivity index (χ4v) is 8.55. The number of thiophene rings is 1. The van der Waals surface area contributed by atoms with Gasteiger partial charge < -0.3 is 9.32 Å². The molecule has 8 aromatic carbocycles. The Kier molecular flexibility index (Phi) is 6.39. The molecule has 2 aromatic heterocycles. The van der Waals surface area contributed by atoms with Gasteiger partial charge in [-0.15, -0.1) is 11.3 Å². The maximum Gasteiger partial charge on any atom is 0.159 e. The molecular formula is C46H29NOS. The van der Waals surface area contributed by atoms with Gasteiger partial charge in [-0.25, -0.2) is 0 Å². The highest BCUT2D eigenvalue weighted by atomic mass is 32.1. The molecule has 0 saturated carbocycles. The number of fused-ring (bicyclic) bond motifs is 7. The normalized spacial score (nSPS) is 11.7. The predicted molar refractivity (Wildman–Crippen MR) is 210 cm³/mol. The smallest absolute Gasteiger partial charge is 0.159 e. The fourth-order valence-electron chi connectivity index (χ4n) is 7.41. The third kappa shape index (κ3) is 4.55. The Morgan fingerprint density at radius 3 is 1.98 bits per heavy atom. The first-order valence-electron chi connectivity index (χ1n) is 16.6. The molecule has 10 rings (SSSR count). The fraction of sp³-hybridized carbons (Fsp3) is 0. The molecule has 0 fully saturated rings. The molecule has 3 heteroatoms. The molecule has 0 radical (unpaired) electrons. The molecule has 0 aliphatic heterocycles. The number of rotatable bonds is 5. The Bertz CT molecular complexity index is 2850. The quantitative estimate of drug-likeness (QED) is 0.186. The van der Waals surface area contributed by atoms with Gasteiger partial charge in [0.05, 0.1) is 11.4 Å². The lowest BCUT2D eigenvalue weighted by Crippen LogP contribution is -2.11. The summed E-state index contributed by atoms with van der Waals surface area (Å²) in [6.07, 6.45) is 0. The van der Waals surface area contributed by atoms with Crippen LogP contribution in [-0.4, -0.2) is 0 Å². The Morgan fingerprint density at radius 2 is 1.04 bits per heavy atom. The third-order valence-corrected chi connectivity index (χ3v) is 10.8. The predicted octanol–water partition coefficient (Wildman–Crippen LogP) is 13.9. The molecule has 0 spiro atoms. The number of furan rings is 1. The highest BCUT2D eigenvalue weighted by Gasteiger charge is 2.23. The summed E-state index contributed by atoms with van der Waals surface area (Å²) in [4.78, 5) is 2.38. The Labute approximate surface area is 287 Å². The van der Waals surface area contributed by atoms with Crippen LogP contribution in [0.25, 0.3) is 75.1 Å². The first kappa shape index (κ1) is 27.9. The van der Waals surface area contributed by atoms with E-state index in [9.17, 15) is 0 Å². The second kappa shape index (κ2) is 11.2. The van der Waals surface area contributed by atoms with E-state index in [-0.39, 0.29) is 0 Å². The standard InChI is InChI=1S/C46H29NOS/c1-2-16-34-30(12-1)13-10-20-35(34)31-14-9-15-32(28-31)36-17-3-6-22-41(36)47(33-26-27-39-38-19-5-8-25-44(38)49-45(39)29-33)42-23-11-21-40-37-18-4-7-24-43(37)48-46(40)42/h1-29H. The summed E-state index contributed by atoms with van der Waals surface area (Å²) < 4.78 is 9.22. The number of hydrogen-bond acceptors (Lipinski definition) is 3. The van der Waals surface area contributed by atoms with Gasteiger partial charge >= 0.3 is 0 Å². The van der Waals surface area contributed by atoms with Crippen LogP contribution in [0.2, 0.25) is 0 Å². The number of para-hydroxylation sites is 3. The second-order valence-electron chi connectivity index (χ2n) is 12.5. The van der Waals surface area contributed by atoms with Crippen molar-refractivity contribution < 1.29 is 4.42 Å². The minimum Gasteiger partial charge on any atom is -0.454 e. The summed E-state index contributed by atoms with van der Waals surface area (Å²) in [7, 11) is 0. The molecule has 49 heavy (non-hydrogen) atoms. The average molecular weight is 644 g/mol. The zero-order chi connectivity index (χ0) is 32.3. The van der Waals surface area contributed by atoms with Crippen LogP contribution in [-0.2, 0) is 0 Å². The van der Waals surface area contributed by atoms with E-state index in [1.165, 1.54) is 42.1 Å². The van der Waals surface area contributed by atoms with Gasteiger partial charge in [-0.05, 0) is 69.9 Å². The molecular weight excluding hydrogens is 615 g/mol. The van der Waals surface area contributed by atoms with Crippen LogP contribution in [0.15, 0.2) is 180 Å². The topological polar surface area (TPSA) is 16.4 Å². The van der Waals surface area contributed by atoms with E-state index in [0.717, 1.165) is 50.1 Å². The van der Waals surface area contributed by atoms with Gasteiger partial charge in [0.15, 0.2) is 5.58 Å². The lowest BCUT2D eigenvalue weighted by atomic mass is 9.94. The summed E-state index contributed by atoms with van der Waals surface area (Å²) in [6, 6.07) is 63.2. The van der Waals surface area contributed by atoms with Gasteiger partial charge in [0.25, 0.3) is 0 Å². The van der Waals surface area contributed by atoms with E-state index in [1.807, 2.05) is 17.4 Å².